The molecule has 3 rings (SSSR count). The molecule has 0 atom stereocenters. The van der Waals surface area contributed by atoms with Gasteiger partial charge in [-0.3, -0.25) is 0 Å². The lowest BCUT2D eigenvalue weighted by Crippen LogP contribution is -2.27. The number of nitrogens with zero attached hydrogens (tertiary/aromatic N) is 2. The summed E-state index contributed by atoms with van der Waals surface area (Å²) in [6, 6.07) is 4.01. The standard InChI is InChI=1S/C13H17N3O/c1-17-12-4-7-16-11(8-12)9-15-13(16)10-2-5-14-6-3-10/h4,7-10,14H,2-3,5-6H2,1H3. The number of piperidine rings is 1. The van der Waals surface area contributed by atoms with Gasteiger partial charge in [0, 0.05) is 18.2 Å². The number of hydrogen-bond donors (Lipinski definition) is 1. The molecular weight excluding hydrogens is 214 g/mol. The zero-order chi connectivity index (χ0) is 11.7. The molecule has 17 heavy (non-hydrogen) atoms. The molecule has 2 aromatic heterocycles. The fourth-order valence-electron chi connectivity index (χ4n) is 2.51. The van der Waals surface area contributed by atoms with Gasteiger partial charge in [0.1, 0.15) is 11.6 Å². The van der Waals surface area contributed by atoms with Gasteiger partial charge in [-0.05, 0) is 32.0 Å². The summed E-state index contributed by atoms with van der Waals surface area (Å²) in [5.74, 6) is 2.64. The molecule has 1 aliphatic rings. The molecule has 0 amide bonds. The summed E-state index contributed by atoms with van der Waals surface area (Å²) < 4.78 is 7.40. The first-order valence-corrected chi connectivity index (χ1v) is 6.10. The normalized spacial score (nSPS) is 17.5. The van der Waals surface area contributed by atoms with Crippen molar-refractivity contribution in [3.05, 3.63) is 30.4 Å². The Balaban J connectivity index is 1.99. The van der Waals surface area contributed by atoms with Crippen LogP contribution in [0.2, 0.25) is 0 Å². The van der Waals surface area contributed by atoms with E-state index in [1.807, 2.05) is 18.3 Å². The summed E-state index contributed by atoms with van der Waals surface area (Å²) in [4.78, 5) is 4.57. The van der Waals surface area contributed by atoms with Crippen LogP contribution < -0.4 is 10.1 Å². The Hall–Kier alpha value is -1.55. The van der Waals surface area contributed by atoms with E-state index in [4.69, 9.17) is 4.74 Å². The third-order valence-electron chi connectivity index (χ3n) is 3.47. The van der Waals surface area contributed by atoms with Gasteiger partial charge < -0.3 is 14.5 Å². The van der Waals surface area contributed by atoms with Gasteiger partial charge >= 0.3 is 0 Å². The van der Waals surface area contributed by atoms with Crippen molar-refractivity contribution in [3.8, 4) is 5.75 Å². The highest BCUT2D eigenvalue weighted by atomic mass is 16.5. The molecule has 1 fully saturated rings. The van der Waals surface area contributed by atoms with Crippen molar-refractivity contribution in [1.29, 1.82) is 0 Å². The highest BCUT2D eigenvalue weighted by Gasteiger charge is 2.19. The summed E-state index contributed by atoms with van der Waals surface area (Å²) in [5, 5.41) is 3.39. The Kier molecular flexibility index (Phi) is 2.73. The van der Waals surface area contributed by atoms with Crippen LogP contribution in [-0.4, -0.2) is 29.6 Å². The van der Waals surface area contributed by atoms with Crippen molar-refractivity contribution in [2.24, 2.45) is 0 Å². The fraction of sp³-hybridized carbons (Fsp3) is 0.462. The highest BCUT2D eigenvalue weighted by molar-refractivity contribution is 5.50. The molecule has 0 saturated carbocycles. The van der Waals surface area contributed by atoms with Gasteiger partial charge in [0.15, 0.2) is 0 Å². The highest BCUT2D eigenvalue weighted by Crippen LogP contribution is 2.26. The summed E-state index contributed by atoms with van der Waals surface area (Å²) >= 11 is 0. The van der Waals surface area contributed by atoms with E-state index in [1.54, 1.807) is 7.11 Å². The minimum absolute atomic E-state index is 0.576. The Labute approximate surface area is 101 Å². The van der Waals surface area contributed by atoms with Crippen LogP contribution in [0.1, 0.15) is 24.6 Å². The van der Waals surface area contributed by atoms with E-state index in [9.17, 15) is 0 Å². The molecular formula is C13H17N3O. The third-order valence-corrected chi connectivity index (χ3v) is 3.47. The summed E-state index contributed by atoms with van der Waals surface area (Å²) in [7, 11) is 1.69. The first-order valence-electron chi connectivity index (χ1n) is 6.10. The first-order chi connectivity index (χ1) is 8.38. The maximum absolute atomic E-state index is 5.23. The van der Waals surface area contributed by atoms with Crippen LogP contribution >= 0.6 is 0 Å². The molecule has 1 N–H and O–H groups in total. The summed E-state index contributed by atoms with van der Waals surface area (Å²) in [5.41, 5.74) is 1.11. The number of fused-ring (bicyclic) bond motifs is 1. The van der Waals surface area contributed by atoms with Gasteiger partial charge in [0.25, 0.3) is 0 Å². The minimum Gasteiger partial charge on any atom is -0.497 e. The van der Waals surface area contributed by atoms with E-state index in [2.05, 4.69) is 20.9 Å². The molecule has 0 unspecified atom stereocenters. The number of imidazole rings is 1. The van der Waals surface area contributed by atoms with Gasteiger partial charge in [-0.15, -0.1) is 0 Å². The van der Waals surface area contributed by atoms with Crippen LogP contribution in [0.15, 0.2) is 24.5 Å². The van der Waals surface area contributed by atoms with Crippen LogP contribution in [-0.2, 0) is 0 Å². The number of pyridine rings is 1. The lowest BCUT2D eigenvalue weighted by atomic mass is 9.97. The second-order valence-corrected chi connectivity index (χ2v) is 4.50. The molecule has 0 radical (unpaired) electrons. The van der Waals surface area contributed by atoms with Gasteiger partial charge in [0.2, 0.25) is 0 Å². The predicted octanol–water partition coefficient (Wildman–Crippen LogP) is 1.81. The third kappa shape index (κ3) is 1.89. The van der Waals surface area contributed by atoms with E-state index in [-0.39, 0.29) is 0 Å². The van der Waals surface area contributed by atoms with E-state index in [0.717, 1.165) is 24.4 Å². The Morgan fingerprint density at radius 1 is 1.41 bits per heavy atom. The molecule has 0 aliphatic carbocycles. The number of methoxy groups -OCH3 is 1. The minimum atomic E-state index is 0.576. The number of hydrogen-bond acceptors (Lipinski definition) is 3. The molecule has 4 nitrogen and oxygen atoms in total. The van der Waals surface area contributed by atoms with Crippen LogP contribution in [0.4, 0.5) is 0 Å². The fourth-order valence-corrected chi connectivity index (χ4v) is 2.51. The summed E-state index contributed by atoms with van der Waals surface area (Å²) in [6.45, 7) is 2.19. The number of rotatable bonds is 2. The molecule has 3 heterocycles. The lowest BCUT2D eigenvalue weighted by molar-refractivity contribution is 0.414. The van der Waals surface area contributed by atoms with Crippen molar-refractivity contribution in [2.45, 2.75) is 18.8 Å². The Bertz CT molecular complexity index is 514. The summed E-state index contributed by atoms with van der Waals surface area (Å²) in [6.07, 6.45) is 6.33. The topological polar surface area (TPSA) is 38.6 Å². The van der Waals surface area contributed by atoms with Crippen LogP contribution in [0.5, 0.6) is 5.75 Å². The second kappa shape index (κ2) is 4.37. The molecule has 1 aliphatic heterocycles. The SMILES string of the molecule is COc1ccn2c(C3CCNCC3)ncc2c1. The first kappa shape index (κ1) is 10.6. The van der Waals surface area contributed by atoms with Gasteiger partial charge in [-0.25, -0.2) is 4.98 Å². The van der Waals surface area contributed by atoms with Gasteiger partial charge in [0.05, 0.1) is 18.8 Å². The van der Waals surface area contributed by atoms with Crippen molar-refractivity contribution in [1.82, 2.24) is 14.7 Å². The van der Waals surface area contributed by atoms with E-state index in [0.29, 0.717) is 5.92 Å². The largest absolute Gasteiger partial charge is 0.497 e. The Morgan fingerprint density at radius 3 is 3.00 bits per heavy atom. The number of nitrogens with one attached hydrogen (secondary N) is 1. The molecule has 1 saturated heterocycles. The molecule has 90 valence electrons. The second-order valence-electron chi connectivity index (χ2n) is 4.50. The quantitative estimate of drug-likeness (QED) is 0.856. The van der Waals surface area contributed by atoms with Crippen LogP contribution in [0.25, 0.3) is 5.52 Å². The maximum atomic E-state index is 5.23. The van der Waals surface area contributed by atoms with Crippen molar-refractivity contribution < 1.29 is 4.74 Å². The van der Waals surface area contributed by atoms with E-state index in [1.165, 1.54) is 18.7 Å². The zero-order valence-corrected chi connectivity index (χ0v) is 10.0. The number of ether oxygens (including phenoxy) is 1. The molecule has 0 aromatic carbocycles. The van der Waals surface area contributed by atoms with Crippen molar-refractivity contribution >= 4 is 5.52 Å². The van der Waals surface area contributed by atoms with Crippen LogP contribution in [0.3, 0.4) is 0 Å². The van der Waals surface area contributed by atoms with Gasteiger partial charge in [-0.1, -0.05) is 0 Å². The van der Waals surface area contributed by atoms with Crippen molar-refractivity contribution in [3.63, 3.8) is 0 Å². The van der Waals surface area contributed by atoms with Crippen molar-refractivity contribution in [2.75, 3.05) is 20.2 Å². The van der Waals surface area contributed by atoms with Gasteiger partial charge in [-0.2, -0.15) is 0 Å². The predicted molar refractivity (Wildman–Crippen MR) is 66.6 cm³/mol. The van der Waals surface area contributed by atoms with Crippen LogP contribution in [0, 0.1) is 0 Å². The molecule has 0 spiro atoms. The zero-order valence-electron chi connectivity index (χ0n) is 10.0. The smallest absolute Gasteiger partial charge is 0.122 e. The molecule has 4 heteroatoms. The Morgan fingerprint density at radius 2 is 2.24 bits per heavy atom. The molecule has 2 aromatic rings. The molecule has 0 bridgehead atoms. The lowest BCUT2D eigenvalue weighted by Gasteiger charge is -2.21. The number of aromatic nitrogens is 2. The average Bonchev–Trinajstić information content (AvgIpc) is 2.82. The monoisotopic (exact) mass is 231 g/mol. The maximum Gasteiger partial charge on any atom is 0.122 e. The van der Waals surface area contributed by atoms with E-state index < -0.39 is 0 Å². The average molecular weight is 231 g/mol. The van der Waals surface area contributed by atoms with E-state index >= 15 is 0 Å².